The van der Waals surface area contributed by atoms with Crippen LogP contribution in [0.1, 0.15) is 43.6 Å². The van der Waals surface area contributed by atoms with Crippen LogP contribution in [0.4, 0.5) is 4.79 Å². The summed E-state index contributed by atoms with van der Waals surface area (Å²) in [6.45, 7) is 8.61. The number of carbonyl (C=O) groups is 2. The molecule has 0 atom stereocenters. The zero-order valence-electron chi connectivity index (χ0n) is 13.4. The second-order valence-corrected chi connectivity index (χ2v) is 4.52. The van der Waals surface area contributed by atoms with Crippen LogP contribution in [0.5, 0.6) is 0 Å². The van der Waals surface area contributed by atoms with Crippen LogP contribution in [0, 0.1) is 0 Å². The molecule has 0 aliphatic rings. The zero-order chi connectivity index (χ0) is 16.3. The van der Waals surface area contributed by atoms with Crippen LogP contribution in [0.2, 0.25) is 0 Å². The van der Waals surface area contributed by atoms with Gasteiger partial charge in [0.2, 0.25) is 0 Å². The van der Waals surface area contributed by atoms with E-state index in [1.54, 1.807) is 12.1 Å². The van der Waals surface area contributed by atoms with E-state index in [2.05, 4.69) is 10.1 Å². The van der Waals surface area contributed by atoms with Gasteiger partial charge in [-0.1, -0.05) is 38.1 Å². The Hall–Kier alpha value is -1.88. The molecular formula is C16H25NO4. The average Bonchev–Trinajstić information content (AvgIpc) is 2.53. The maximum absolute atomic E-state index is 10.9. The molecule has 118 valence electrons. The topological polar surface area (TPSA) is 64.6 Å². The van der Waals surface area contributed by atoms with E-state index in [0.29, 0.717) is 18.7 Å². The summed E-state index contributed by atoms with van der Waals surface area (Å²) in [6.07, 6.45) is 0.328. The van der Waals surface area contributed by atoms with Crippen molar-refractivity contribution in [3.63, 3.8) is 0 Å². The lowest BCUT2D eigenvalue weighted by atomic mass is 9.97. The quantitative estimate of drug-likeness (QED) is 0.647. The van der Waals surface area contributed by atoms with Crippen molar-refractivity contribution in [1.29, 1.82) is 0 Å². The minimum atomic E-state index is -0.487. The highest BCUT2D eigenvalue weighted by atomic mass is 16.5. The number of aldehydes is 1. The van der Waals surface area contributed by atoms with Gasteiger partial charge in [0.05, 0.1) is 19.3 Å². The fourth-order valence-electron chi connectivity index (χ4n) is 1.58. The Morgan fingerprint density at radius 3 is 2.29 bits per heavy atom. The van der Waals surface area contributed by atoms with Gasteiger partial charge >= 0.3 is 6.09 Å². The molecule has 5 nitrogen and oxygen atoms in total. The molecule has 0 aromatic heterocycles. The van der Waals surface area contributed by atoms with Crippen LogP contribution in [0.25, 0.3) is 0 Å². The highest BCUT2D eigenvalue weighted by Gasteiger charge is 2.20. The van der Waals surface area contributed by atoms with Gasteiger partial charge in [-0.15, -0.1) is 0 Å². The van der Waals surface area contributed by atoms with Gasteiger partial charge in [-0.2, -0.15) is 0 Å². The molecule has 0 aliphatic carbocycles. The fraction of sp³-hybridized carbons (Fsp3) is 0.500. The smallest absolute Gasteiger partial charge is 0.406 e. The summed E-state index contributed by atoms with van der Waals surface area (Å²) in [5.74, 6) is 0. The lowest BCUT2D eigenvalue weighted by Crippen LogP contribution is -2.30. The molecule has 0 saturated heterocycles. The van der Waals surface area contributed by atoms with E-state index in [0.717, 1.165) is 11.8 Å². The number of alkyl carbamates (subject to hydrolysis) is 1. The van der Waals surface area contributed by atoms with E-state index in [-0.39, 0.29) is 0 Å². The molecule has 0 radical (unpaired) electrons. The van der Waals surface area contributed by atoms with Gasteiger partial charge in [0.25, 0.3) is 0 Å². The molecule has 0 unspecified atom stereocenters. The Balaban J connectivity index is 0.00000191. The second kappa shape index (κ2) is 9.94. The van der Waals surface area contributed by atoms with Crippen molar-refractivity contribution < 1.29 is 19.1 Å². The van der Waals surface area contributed by atoms with Gasteiger partial charge in [-0.3, -0.25) is 4.79 Å². The summed E-state index contributed by atoms with van der Waals surface area (Å²) >= 11 is 0. The molecule has 0 heterocycles. The molecule has 0 saturated carbocycles. The first kappa shape index (κ1) is 19.1. The third-order valence-corrected chi connectivity index (χ3v) is 2.76. The van der Waals surface area contributed by atoms with Crippen LogP contribution in [-0.4, -0.2) is 32.6 Å². The number of methoxy groups -OCH3 is 1. The standard InChI is InChI=1S/C14H19NO4.C2H6/c1-14(2,19-9-8-15-13(17)18-3)12-6-4-11(10-16)5-7-12;1-2/h4-7,10H,8-9H2,1-3H3,(H,15,17);1-2H3. The Morgan fingerprint density at radius 1 is 1.24 bits per heavy atom. The number of benzene rings is 1. The molecule has 0 aliphatic heterocycles. The summed E-state index contributed by atoms with van der Waals surface area (Å²) in [4.78, 5) is 21.4. The number of carbonyl (C=O) groups excluding carboxylic acids is 2. The number of hydrogen-bond donors (Lipinski definition) is 1. The van der Waals surface area contributed by atoms with Crippen LogP contribution in [0.15, 0.2) is 24.3 Å². The predicted octanol–water partition coefficient (Wildman–Crippen LogP) is 3.13. The molecule has 1 N–H and O–H groups in total. The minimum Gasteiger partial charge on any atom is -0.453 e. The van der Waals surface area contributed by atoms with Gasteiger partial charge in [0, 0.05) is 12.1 Å². The molecule has 1 amide bonds. The number of amides is 1. The molecule has 5 heteroatoms. The van der Waals surface area contributed by atoms with E-state index in [4.69, 9.17) is 4.74 Å². The molecule has 1 aromatic carbocycles. The maximum atomic E-state index is 10.9. The minimum absolute atomic E-state index is 0.373. The third kappa shape index (κ3) is 6.90. The number of hydrogen-bond acceptors (Lipinski definition) is 4. The number of nitrogens with one attached hydrogen (secondary N) is 1. The summed E-state index contributed by atoms with van der Waals surface area (Å²) in [5.41, 5.74) is 1.11. The molecular weight excluding hydrogens is 270 g/mol. The Morgan fingerprint density at radius 2 is 1.81 bits per heavy atom. The van der Waals surface area contributed by atoms with E-state index in [1.165, 1.54) is 7.11 Å². The average molecular weight is 295 g/mol. The van der Waals surface area contributed by atoms with Crippen molar-refractivity contribution in [2.45, 2.75) is 33.3 Å². The number of rotatable bonds is 6. The first-order valence-corrected chi connectivity index (χ1v) is 7.01. The second-order valence-electron chi connectivity index (χ2n) is 4.52. The first-order chi connectivity index (χ1) is 9.99. The first-order valence-electron chi connectivity index (χ1n) is 7.01. The Kier molecular flexibility index (Phi) is 9.05. The van der Waals surface area contributed by atoms with E-state index < -0.39 is 11.7 Å². The summed E-state index contributed by atoms with van der Waals surface area (Å²) in [7, 11) is 1.31. The van der Waals surface area contributed by atoms with Gasteiger partial charge in [0.1, 0.15) is 6.29 Å². The van der Waals surface area contributed by atoms with Crippen molar-refractivity contribution in [2.75, 3.05) is 20.3 Å². The largest absolute Gasteiger partial charge is 0.453 e. The molecule has 0 bridgehead atoms. The van der Waals surface area contributed by atoms with Gasteiger partial charge in [0.15, 0.2) is 0 Å². The van der Waals surface area contributed by atoms with Crippen LogP contribution in [0.3, 0.4) is 0 Å². The SMILES string of the molecule is CC.COC(=O)NCCOC(C)(C)c1ccc(C=O)cc1. The summed E-state index contributed by atoms with van der Waals surface area (Å²) < 4.78 is 10.2. The van der Waals surface area contributed by atoms with Crippen molar-refractivity contribution in [1.82, 2.24) is 5.32 Å². The molecule has 21 heavy (non-hydrogen) atoms. The van der Waals surface area contributed by atoms with Crippen LogP contribution < -0.4 is 5.32 Å². The van der Waals surface area contributed by atoms with Crippen molar-refractivity contribution in [3.8, 4) is 0 Å². The molecule has 1 aromatic rings. The lowest BCUT2D eigenvalue weighted by molar-refractivity contribution is -0.0195. The van der Waals surface area contributed by atoms with Crippen molar-refractivity contribution >= 4 is 12.4 Å². The van der Waals surface area contributed by atoms with Crippen LogP contribution in [-0.2, 0) is 15.1 Å². The normalized spacial score (nSPS) is 10.1. The van der Waals surface area contributed by atoms with Crippen molar-refractivity contribution in [3.05, 3.63) is 35.4 Å². The van der Waals surface area contributed by atoms with E-state index in [1.807, 2.05) is 39.8 Å². The predicted molar refractivity (Wildman–Crippen MR) is 82.6 cm³/mol. The molecule has 0 spiro atoms. The molecule has 0 fully saturated rings. The molecule has 1 rings (SSSR count). The maximum Gasteiger partial charge on any atom is 0.406 e. The number of ether oxygens (including phenoxy) is 2. The van der Waals surface area contributed by atoms with Gasteiger partial charge < -0.3 is 14.8 Å². The van der Waals surface area contributed by atoms with Gasteiger partial charge in [-0.05, 0) is 19.4 Å². The highest BCUT2D eigenvalue weighted by molar-refractivity contribution is 5.74. The van der Waals surface area contributed by atoms with E-state index in [9.17, 15) is 9.59 Å². The van der Waals surface area contributed by atoms with Crippen LogP contribution >= 0.6 is 0 Å². The monoisotopic (exact) mass is 295 g/mol. The third-order valence-electron chi connectivity index (χ3n) is 2.76. The van der Waals surface area contributed by atoms with Crippen molar-refractivity contribution in [2.24, 2.45) is 0 Å². The summed E-state index contributed by atoms with van der Waals surface area (Å²) in [5, 5.41) is 2.54. The summed E-state index contributed by atoms with van der Waals surface area (Å²) in [6, 6.07) is 7.22. The van der Waals surface area contributed by atoms with E-state index >= 15 is 0 Å². The fourth-order valence-corrected chi connectivity index (χ4v) is 1.58. The Bertz CT molecular complexity index is 426. The highest BCUT2D eigenvalue weighted by Crippen LogP contribution is 2.24. The Labute approximate surface area is 126 Å². The lowest BCUT2D eigenvalue weighted by Gasteiger charge is -2.26. The zero-order valence-corrected chi connectivity index (χ0v) is 13.4. The van der Waals surface area contributed by atoms with Gasteiger partial charge in [-0.25, -0.2) is 4.79 Å².